The molecule has 0 radical (unpaired) electrons. The first-order valence-electron chi connectivity index (χ1n) is 7.21. The van der Waals surface area contributed by atoms with Gasteiger partial charge in [0.25, 0.3) is 0 Å². The lowest BCUT2D eigenvalue weighted by Crippen LogP contribution is -2.36. The van der Waals surface area contributed by atoms with Crippen LogP contribution >= 0.6 is 11.3 Å². The fourth-order valence-corrected chi connectivity index (χ4v) is 3.54. The van der Waals surface area contributed by atoms with Gasteiger partial charge in [0.1, 0.15) is 0 Å². The predicted octanol–water partition coefficient (Wildman–Crippen LogP) is 3.07. The van der Waals surface area contributed by atoms with Gasteiger partial charge in [-0.05, 0) is 49.2 Å². The molecule has 1 fully saturated rings. The van der Waals surface area contributed by atoms with Crippen molar-refractivity contribution < 1.29 is 4.74 Å². The number of pyridine rings is 1. The zero-order chi connectivity index (χ0) is 13.6. The molecule has 1 aliphatic heterocycles. The molecule has 1 aliphatic rings. The van der Waals surface area contributed by atoms with Gasteiger partial charge in [0.2, 0.25) is 0 Å². The van der Waals surface area contributed by atoms with E-state index in [0.29, 0.717) is 0 Å². The Balaban J connectivity index is 1.50. The standard InChI is InChI=1S/C16H20N2OS/c1(9-18-10-12-19-13-11-18)2-15-3-4-16(20-15)14-5-7-17-8-6-14/h3-8H,1-2,9-13H2. The first-order chi connectivity index (χ1) is 9.92. The van der Waals surface area contributed by atoms with Crippen LogP contribution in [0.2, 0.25) is 0 Å². The van der Waals surface area contributed by atoms with Crippen molar-refractivity contribution in [3.05, 3.63) is 41.5 Å². The largest absolute Gasteiger partial charge is 0.379 e. The van der Waals surface area contributed by atoms with E-state index in [1.807, 2.05) is 23.7 Å². The molecule has 0 aliphatic carbocycles. The van der Waals surface area contributed by atoms with E-state index in [1.165, 1.54) is 34.7 Å². The van der Waals surface area contributed by atoms with E-state index in [1.54, 1.807) is 0 Å². The Bertz CT molecular complexity index is 520. The number of thiophene rings is 1. The third kappa shape index (κ3) is 3.66. The van der Waals surface area contributed by atoms with E-state index in [2.05, 4.69) is 34.1 Å². The molecule has 2 aromatic rings. The average Bonchev–Trinajstić information content (AvgIpc) is 2.98. The third-order valence-electron chi connectivity index (χ3n) is 3.63. The molecular formula is C16H20N2OS. The molecule has 0 N–H and O–H groups in total. The van der Waals surface area contributed by atoms with E-state index in [-0.39, 0.29) is 0 Å². The van der Waals surface area contributed by atoms with Gasteiger partial charge in [0, 0.05) is 35.2 Å². The number of nitrogens with zero attached hydrogens (tertiary/aromatic N) is 2. The minimum Gasteiger partial charge on any atom is -0.379 e. The normalized spacial score (nSPS) is 16.4. The zero-order valence-corrected chi connectivity index (χ0v) is 12.4. The number of hydrogen-bond donors (Lipinski definition) is 0. The lowest BCUT2D eigenvalue weighted by molar-refractivity contribution is 0.0375. The van der Waals surface area contributed by atoms with Gasteiger partial charge in [-0.3, -0.25) is 9.88 Å². The van der Waals surface area contributed by atoms with Crippen LogP contribution in [0.5, 0.6) is 0 Å². The summed E-state index contributed by atoms with van der Waals surface area (Å²) in [5, 5.41) is 0. The predicted molar refractivity (Wildman–Crippen MR) is 83.1 cm³/mol. The van der Waals surface area contributed by atoms with Gasteiger partial charge in [-0.1, -0.05) is 0 Å². The number of aromatic nitrogens is 1. The van der Waals surface area contributed by atoms with Crippen LogP contribution in [0.25, 0.3) is 10.4 Å². The minimum absolute atomic E-state index is 0.894. The molecule has 0 amide bonds. The second-order valence-corrected chi connectivity index (χ2v) is 6.23. The monoisotopic (exact) mass is 288 g/mol. The van der Waals surface area contributed by atoms with E-state index in [0.717, 1.165) is 26.3 Å². The van der Waals surface area contributed by atoms with Crippen molar-refractivity contribution >= 4 is 11.3 Å². The van der Waals surface area contributed by atoms with Crippen LogP contribution < -0.4 is 0 Å². The van der Waals surface area contributed by atoms with Gasteiger partial charge in [0.05, 0.1) is 13.2 Å². The molecule has 20 heavy (non-hydrogen) atoms. The first kappa shape index (κ1) is 13.7. The van der Waals surface area contributed by atoms with Crippen LogP contribution in [-0.2, 0) is 11.2 Å². The highest BCUT2D eigenvalue weighted by Crippen LogP contribution is 2.28. The van der Waals surface area contributed by atoms with Crippen molar-refractivity contribution in [2.75, 3.05) is 32.8 Å². The van der Waals surface area contributed by atoms with E-state index in [9.17, 15) is 0 Å². The second-order valence-electron chi connectivity index (χ2n) is 5.06. The number of hydrogen-bond acceptors (Lipinski definition) is 4. The van der Waals surface area contributed by atoms with Gasteiger partial charge in [0.15, 0.2) is 0 Å². The maximum atomic E-state index is 5.37. The Morgan fingerprint density at radius 1 is 1.10 bits per heavy atom. The number of ether oxygens (including phenoxy) is 1. The summed E-state index contributed by atoms with van der Waals surface area (Å²) >= 11 is 1.90. The molecule has 0 unspecified atom stereocenters. The summed E-state index contributed by atoms with van der Waals surface area (Å²) in [6.45, 7) is 5.15. The lowest BCUT2D eigenvalue weighted by Gasteiger charge is -2.26. The van der Waals surface area contributed by atoms with Crippen LogP contribution in [0.15, 0.2) is 36.7 Å². The second kappa shape index (κ2) is 6.97. The fraction of sp³-hybridized carbons (Fsp3) is 0.438. The minimum atomic E-state index is 0.894. The molecule has 3 rings (SSSR count). The molecule has 0 saturated carbocycles. The van der Waals surface area contributed by atoms with Crippen molar-refractivity contribution in [2.24, 2.45) is 0 Å². The van der Waals surface area contributed by atoms with Crippen molar-refractivity contribution in [3.63, 3.8) is 0 Å². The maximum Gasteiger partial charge on any atom is 0.0594 e. The quantitative estimate of drug-likeness (QED) is 0.845. The SMILES string of the molecule is c1cc(-c2ccc(CCCN3CCOCC3)s2)ccn1. The molecule has 0 spiro atoms. The van der Waals surface area contributed by atoms with Gasteiger partial charge in [-0.2, -0.15) is 0 Å². The van der Waals surface area contributed by atoms with Gasteiger partial charge < -0.3 is 4.74 Å². The molecule has 0 bridgehead atoms. The Morgan fingerprint density at radius 2 is 1.90 bits per heavy atom. The van der Waals surface area contributed by atoms with Crippen LogP contribution in [0.3, 0.4) is 0 Å². The highest BCUT2D eigenvalue weighted by Gasteiger charge is 2.10. The van der Waals surface area contributed by atoms with Gasteiger partial charge in [-0.25, -0.2) is 0 Å². The third-order valence-corrected chi connectivity index (χ3v) is 4.82. The van der Waals surface area contributed by atoms with Crippen LogP contribution in [0.4, 0.5) is 0 Å². The number of morpholine rings is 1. The average molecular weight is 288 g/mol. The molecule has 0 aromatic carbocycles. The Hall–Kier alpha value is -1.23. The summed E-state index contributed by atoms with van der Waals surface area (Å²) in [5.41, 5.74) is 1.27. The smallest absolute Gasteiger partial charge is 0.0594 e. The molecule has 2 aromatic heterocycles. The van der Waals surface area contributed by atoms with E-state index in [4.69, 9.17) is 4.74 Å². The van der Waals surface area contributed by atoms with Crippen molar-refractivity contribution in [1.29, 1.82) is 0 Å². The Morgan fingerprint density at radius 3 is 2.70 bits per heavy atom. The van der Waals surface area contributed by atoms with Crippen LogP contribution in [0.1, 0.15) is 11.3 Å². The van der Waals surface area contributed by atoms with E-state index >= 15 is 0 Å². The number of aryl methyl sites for hydroxylation is 1. The molecule has 106 valence electrons. The molecule has 0 atom stereocenters. The first-order valence-corrected chi connectivity index (χ1v) is 8.03. The topological polar surface area (TPSA) is 25.4 Å². The molecule has 3 nitrogen and oxygen atoms in total. The summed E-state index contributed by atoms with van der Waals surface area (Å²) < 4.78 is 5.37. The summed E-state index contributed by atoms with van der Waals surface area (Å²) in [6, 6.07) is 8.64. The lowest BCUT2D eigenvalue weighted by atomic mass is 10.2. The maximum absolute atomic E-state index is 5.37. The van der Waals surface area contributed by atoms with Crippen molar-refractivity contribution in [3.8, 4) is 10.4 Å². The summed E-state index contributed by atoms with van der Waals surface area (Å²) in [5.74, 6) is 0. The summed E-state index contributed by atoms with van der Waals surface area (Å²) in [7, 11) is 0. The van der Waals surface area contributed by atoms with Gasteiger partial charge in [-0.15, -0.1) is 11.3 Å². The van der Waals surface area contributed by atoms with E-state index < -0.39 is 0 Å². The zero-order valence-electron chi connectivity index (χ0n) is 11.6. The number of rotatable bonds is 5. The Kier molecular flexibility index (Phi) is 4.79. The summed E-state index contributed by atoms with van der Waals surface area (Å²) in [4.78, 5) is 9.39. The summed E-state index contributed by atoms with van der Waals surface area (Å²) in [6.07, 6.45) is 6.11. The van der Waals surface area contributed by atoms with Crippen LogP contribution in [0, 0.1) is 0 Å². The van der Waals surface area contributed by atoms with Crippen molar-refractivity contribution in [2.45, 2.75) is 12.8 Å². The highest BCUT2D eigenvalue weighted by molar-refractivity contribution is 7.15. The molecule has 1 saturated heterocycles. The fourth-order valence-electron chi connectivity index (χ4n) is 2.49. The highest BCUT2D eigenvalue weighted by atomic mass is 32.1. The molecule has 3 heterocycles. The Labute approximate surface area is 124 Å². The van der Waals surface area contributed by atoms with Crippen LogP contribution in [-0.4, -0.2) is 42.7 Å². The molecule has 4 heteroatoms. The van der Waals surface area contributed by atoms with Gasteiger partial charge >= 0.3 is 0 Å². The van der Waals surface area contributed by atoms with Crippen molar-refractivity contribution in [1.82, 2.24) is 9.88 Å². The molecular weight excluding hydrogens is 268 g/mol.